The molecule has 0 aromatic heterocycles. The normalized spacial score (nSPS) is 15.5. The van der Waals surface area contributed by atoms with E-state index in [9.17, 15) is 4.79 Å². The molecule has 0 unspecified atom stereocenters. The van der Waals surface area contributed by atoms with Crippen molar-refractivity contribution in [3.63, 3.8) is 0 Å². The summed E-state index contributed by atoms with van der Waals surface area (Å²) in [5.74, 6) is 0.782. The largest absolute Gasteiger partial charge is 0.497 e. The van der Waals surface area contributed by atoms with Crippen LogP contribution in [0.15, 0.2) is 72.8 Å². The number of rotatable bonds is 5. The summed E-state index contributed by atoms with van der Waals surface area (Å²) in [7, 11) is 1.62. The molecule has 4 rings (SSSR count). The van der Waals surface area contributed by atoms with E-state index in [1.165, 1.54) is 22.3 Å². The molecular formula is C27H30N2O2. The van der Waals surface area contributed by atoms with Crippen LogP contribution < -0.4 is 4.74 Å². The second-order valence-corrected chi connectivity index (χ2v) is 8.23. The van der Waals surface area contributed by atoms with E-state index in [4.69, 9.17) is 4.74 Å². The van der Waals surface area contributed by atoms with Gasteiger partial charge >= 0.3 is 0 Å². The number of ether oxygens (including phenoxy) is 1. The molecule has 31 heavy (non-hydrogen) atoms. The van der Waals surface area contributed by atoms with Gasteiger partial charge in [0.2, 0.25) is 0 Å². The van der Waals surface area contributed by atoms with Crippen LogP contribution in [0, 0.1) is 13.8 Å². The van der Waals surface area contributed by atoms with Crippen LogP contribution in [0.25, 0.3) is 0 Å². The van der Waals surface area contributed by atoms with Crippen LogP contribution in [0.2, 0.25) is 0 Å². The third-order valence-electron chi connectivity index (χ3n) is 6.13. The van der Waals surface area contributed by atoms with Crippen molar-refractivity contribution in [1.29, 1.82) is 0 Å². The molecule has 1 aliphatic heterocycles. The first-order valence-electron chi connectivity index (χ1n) is 10.9. The Morgan fingerprint density at radius 3 is 2.32 bits per heavy atom. The van der Waals surface area contributed by atoms with E-state index in [0.717, 1.165) is 13.1 Å². The minimum absolute atomic E-state index is 0.0709. The third kappa shape index (κ3) is 4.64. The second-order valence-electron chi connectivity index (χ2n) is 8.23. The van der Waals surface area contributed by atoms with Crippen LogP contribution in [-0.2, 0) is 0 Å². The highest BCUT2D eigenvalue weighted by atomic mass is 16.5. The zero-order valence-electron chi connectivity index (χ0n) is 18.5. The Morgan fingerprint density at radius 1 is 0.871 bits per heavy atom. The Hall–Kier alpha value is -3.11. The summed E-state index contributed by atoms with van der Waals surface area (Å²) in [4.78, 5) is 17.5. The number of carbonyl (C=O) groups excluding carboxylic acids is 1. The van der Waals surface area contributed by atoms with E-state index in [1.807, 2.05) is 29.2 Å². The average Bonchev–Trinajstić information content (AvgIpc) is 2.82. The van der Waals surface area contributed by atoms with Gasteiger partial charge in [0.05, 0.1) is 13.2 Å². The Balaban J connectivity index is 1.55. The number of piperazine rings is 1. The van der Waals surface area contributed by atoms with Crippen LogP contribution in [0.4, 0.5) is 0 Å². The van der Waals surface area contributed by atoms with Crippen LogP contribution in [-0.4, -0.2) is 49.0 Å². The second kappa shape index (κ2) is 9.36. The predicted molar refractivity (Wildman–Crippen MR) is 125 cm³/mol. The average molecular weight is 415 g/mol. The highest BCUT2D eigenvalue weighted by Gasteiger charge is 2.29. The van der Waals surface area contributed by atoms with Gasteiger partial charge in [-0.15, -0.1) is 0 Å². The van der Waals surface area contributed by atoms with E-state index in [0.29, 0.717) is 24.4 Å². The zero-order chi connectivity index (χ0) is 21.8. The summed E-state index contributed by atoms with van der Waals surface area (Å²) in [6.07, 6.45) is 0. The quantitative estimate of drug-likeness (QED) is 0.598. The van der Waals surface area contributed by atoms with Crippen LogP contribution in [0.3, 0.4) is 0 Å². The summed E-state index contributed by atoms with van der Waals surface area (Å²) in [6, 6.07) is 25.0. The lowest BCUT2D eigenvalue weighted by molar-refractivity contribution is 0.0596. The zero-order valence-corrected chi connectivity index (χ0v) is 18.5. The molecule has 1 heterocycles. The smallest absolute Gasteiger partial charge is 0.254 e. The Labute approximate surface area is 185 Å². The SMILES string of the molecule is COc1cccc(C(=O)N2CCN([C@H](c3ccccc3)c3cc(C)ccc3C)CC2)c1. The molecule has 4 nitrogen and oxygen atoms in total. The van der Waals surface area contributed by atoms with E-state index in [2.05, 4.69) is 67.3 Å². The summed E-state index contributed by atoms with van der Waals surface area (Å²) < 4.78 is 5.28. The number of aryl methyl sites for hydroxylation is 2. The molecule has 3 aromatic rings. The molecule has 1 amide bonds. The van der Waals surface area contributed by atoms with Gasteiger partial charge in [-0.2, -0.15) is 0 Å². The lowest BCUT2D eigenvalue weighted by Crippen LogP contribution is -2.50. The third-order valence-corrected chi connectivity index (χ3v) is 6.13. The molecule has 0 radical (unpaired) electrons. The maximum absolute atomic E-state index is 13.0. The van der Waals surface area contributed by atoms with Gasteiger partial charge in [0, 0.05) is 31.7 Å². The number of amides is 1. The highest BCUT2D eigenvalue weighted by Crippen LogP contribution is 2.32. The fraction of sp³-hybridized carbons (Fsp3) is 0.296. The van der Waals surface area contributed by atoms with Gasteiger partial charge in [0.15, 0.2) is 0 Å². The number of hydrogen-bond acceptors (Lipinski definition) is 3. The molecule has 0 aliphatic carbocycles. The van der Waals surface area contributed by atoms with Gasteiger partial charge in [-0.05, 0) is 48.7 Å². The van der Waals surface area contributed by atoms with Crippen molar-refractivity contribution in [2.45, 2.75) is 19.9 Å². The molecule has 4 heteroatoms. The van der Waals surface area contributed by atoms with Gasteiger partial charge < -0.3 is 9.64 Å². The Kier molecular flexibility index (Phi) is 6.38. The van der Waals surface area contributed by atoms with Gasteiger partial charge in [-0.25, -0.2) is 0 Å². The van der Waals surface area contributed by atoms with Crippen LogP contribution in [0.5, 0.6) is 5.75 Å². The summed E-state index contributed by atoms with van der Waals surface area (Å²) in [5, 5.41) is 0. The molecular weight excluding hydrogens is 384 g/mol. The van der Waals surface area contributed by atoms with Crippen molar-refractivity contribution >= 4 is 5.91 Å². The van der Waals surface area contributed by atoms with Crippen molar-refractivity contribution in [3.05, 3.63) is 101 Å². The van der Waals surface area contributed by atoms with Gasteiger partial charge in [0.25, 0.3) is 5.91 Å². The van der Waals surface area contributed by atoms with Gasteiger partial charge in [-0.1, -0.05) is 60.2 Å². The molecule has 1 atom stereocenters. The van der Waals surface area contributed by atoms with Crippen molar-refractivity contribution in [3.8, 4) is 5.75 Å². The topological polar surface area (TPSA) is 32.8 Å². The fourth-order valence-electron chi connectivity index (χ4n) is 4.40. The lowest BCUT2D eigenvalue weighted by Gasteiger charge is -2.40. The molecule has 0 spiro atoms. The maximum Gasteiger partial charge on any atom is 0.254 e. The fourth-order valence-corrected chi connectivity index (χ4v) is 4.40. The molecule has 0 saturated carbocycles. The lowest BCUT2D eigenvalue weighted by atomic mass is 9.92. The minimum Gasteiger partial charge on any atom is -0.497 e. The van der Waals surface area contributed by atoms with E-state index in [1.54, 1.807) is 7.11 Å². The first kappa shape index (κ1) is 21.1. The van der Waals surface area contributed by atoms with Crippen molar-refractivity contribution in [2.75, 3.05) is 33.3 Å². The number of methoxy groups -OCH3 is 1. The highest BCUT2D eigenvalue weighted by molar-refractivity contribution is 5.94. The van der Waals surface area contributed by atoms with Crippen LogP contribution in [0.1, 0.15) is 38.7 Å². The monoisotopic (exact) mass is 414 g/mol. The molecule has 1 fully saturated rings. The van der Waals surface area contributed by atoms with E-state index >= 15 is 0 Å². The first-order chi connectivity index (χ1) is 15.1. The van der Waals surface area contributed by atoms with Gasteiger partial charge in [-0.3, -0.25) is 9.69 Å². The first-order valence-corrected chi connectivity index (χ1v) is 10.9. The number of benzene rings is 3. The Bertz CT molecular complexity index is 1040. The number of carbonyl (C=O) groups is 1. The van der Waals surface area contributed by atoms with E-state index < -0.39 is 0 Å². The van der Waals surface area contributed by atoms with Crippen molar-refractivity contribution < 1.29 is 9.53 Å². The number of nitrogens with zero attached hydrogens (tertiary/aromatic N) is 2. The summed E-state index contributed by atoms with van der Waals surface area (Å²) >= 11 is 0. The number of hydrogen-bond donors (Lipinski definition) is 0. The maximum atomic E-state index is 13.0. The van der Waals surface area contributed by atoms with Crippen molar-refractivity contribution in [1.82, 2.24) is 9.80 Å². The molecule has 160 valence electrons. The molecule has 0 N–H and O–H groups in total. The standard InChI is InChI=1S/C27H30N2O2/c1-20-12-13-21(2)25(18-20)26(22-8-5-4-6-9-22)28-14-16-29(17-15-28)27(30)23-10-7-11-24(19-23)31-3/h4-13,18-19,26H,14-17H2,1-3H3/t26-/m1/s1. The Morgan fingerprint density at radius 2 is 1.61 bits per heavy atom. The minimum atomic E-state index is 0.0709. The summed E-state index contributed by atoms with van der Waals surface area (Å²) in [6.45, 7) is 7.43. The van der Waals surface area contributed by atoms with E-state index in [-0.39, 0.29) is 11.9 Å². The molecule has 1 aliphatic rings. The summed E-state index contributed by atoms with van der Waals surface area (Å²) in [5.41, 5.74) is 5.90. The predicted octanol–water partition coefficient (Wildman–Crippen LogP) is 4.86. The molecule has 1 saturated heterocycles. The van der Waals surface area contributed by atoms with Crippen molar-refractivity contribution in [2.24, 2.45) is 0 Å². The van der Waals surface area contributed by atoms with Gasteiger partial charge in [0.1, 0.15) is 5.75 Å². The molecule has 0 bridgehead atoms. The van der Waals surface area contributed by atoms with Crippen LogP contribution >= 0.6 is 0 Å². The molecule has 3 aromatic carbocycles.